The summed E-state index contributed by atoms with van der Waals surface area (Å²) in [4.78, 5) is 8.83. The van der Waals surface area contributed by atoms with E-state index in [4.69, 9.17) is 5.73 Å². The van der Waals surface area contributed by atoms with Gasteiger partial charge in [0, 0.05) is 12.5 Å². The molecule has 0 saturated heterocycles. The fourth-order valence-corrected chi connectivity index (χ4v) is 2.79. The Balaban J connectivity index is 1.97. The van der Waals surface area contributed by atoms with Gasteiger partial charge in [-0.1, -0.05) is 12.1 Å². The maximum Gasteiger partial charge on any atom is 0.202 e. The van der Waals surface area contributed by atoms with Crippen molar-refractivity contribution in [2.24, 2.45) is 0 Å². The molecule has 3 aromatic rings. The van der Waals surface area contributed by atoms with Crippen molar-refractivity contribution < 1.29 is 8.42 Å². The largest absolute Gasteiger partial charge is 0.369 e. The molecule has 0 aliphatic rings. The van der Waals surface area contributed by atoms with Gasteiger partial charge in [-0.2, -0.15) is 0 Å². The fourth-order valence-electron chi connectivity index (χ4n) is 2.16. The second-order valence-corrected chi connectivity index (χ2v) is 6.83. The van der Waals surface area contributed by atoms with E-state index in [-0.39, 0.29) is 0 Å². The smallest absolute Gasteiger partial charge is 0.202 e. The summed E-state index contributed by atoms with van der Waals surface area (Å²) >= 11 is 0. The van der Waals surface area contributed by atoms with Gasteiger partial charge in [-0.25, -0.2) is 18.4 Å². The SMILES string of the molecule is CS(=O)(=O)c1ccc(Cn2c(N)nc3cccnc32)cc1. The minimum Gasteiger partial charge on any atom is -0.369 e. The predicted molar refractivity (Wildman–Crippen MR) is 80.6 cm³/mol. The number of benzene rings is 1. The predicted octanol–water partition coefficient (Wildman–Crippen LogP) is 1.47. The minimum atomic E-state index is -3.18. The third-order valence-electron chi connectivity index (χ3n) is 3.23. The maximum atomic E-state index is 11.4. The van der Waals surface area contributed by atoms with Gasteiger partial charge in [0.1, 0.15) is 5.52 Å². The number of hydrogen-bond acceptors (Lipinski definition) is 5. The molecule has 21 heavy (non-hydrogen) atoms. The normalized spacial score (nSPS) is 11.9. The molecule has 108 valence electrons. The number of rotatable bonds is 3. The van der Waals surface area contributed by atoms with Gasteiger partial charge in [-0.3, -0.25) is 4.57 Å². The van der Waals surface area contributed by atoms with Crippen LogP contribution >= 0.6 is 0 Å². The fraction of sp³-hybridized carbons (Fsp3) is 0.143. The van der Waals surface area contributed by atoms with Crippen LogP contribution in [0.5, 0.6) is 0 Å². The van der Waals surface area contributed by atoms with Gasteiger partial charge in [-0.05, 0) is 29.8 Å². The number of pyridine rings is 1. The van der Waals surface area contributed by atoms with Crippen LogP contribution in [0, 0.1) is 0 Å². The Morgan fingerprint density at radius 1 is 1.19 bits per heavy atom. The van der Waals surface area contributed by atoms with Crippen molar-refractivity contribution in [2.75, 3.05) is 12.0 Å². The Hall–Kier alpha value is -2.41. The van der Waals surface area contributed by atoms with Gasteiger partial charge in [0.05, 0.1) is 11.4 Å². The van der Waals surface area contributed by atoms with Gasteiger partial charge >= 0.3 is 0 Å². The Morgan fingerprint density at radius 2 is 1.90 bits per heavy atom. The molecule has 1 aromatic carbocycles. The van der Waals surface area contributed by atoms with Crippen molar-refractivity contribution in [3.63, 3.8) is 0 Å². The molecule has 0 saturated carbocycles. The van der Waals surface area contributed by atoms with Crippen LogP contribution in [0.3, 0.4) is 0 Å². The van der Waals surface area contributed by atoms with E-state index < -0.39 is 9.84 Å². The van der Waals surface area contributed by atoms with Crippen LogP contribution < -0.4 is 5.73 Å². The molecule has 7 heteroatoms. The summed E-state index contributed by atoms with van der Waals surface area (Å²) in [5.41, 5.74) is 8.29. The third kappa shape index (κ3) is 2.59. The molecule has 0 unspecified atom stereocenters. The molecule has 0 spiro atoms. The van der Waals surface area contributed by atoms with Crippen LogP contribution in [0.1, 0.15) is 5.56 Å². The Morgan fingerprint density at radius 3 is 2.57 bits per heavy atom. The highest BCUT2D eigenvalue weighted by molar-refractivity contribution is 7.90. The Labute approximate surface area is 122 Å². The lowest BCUT2D eigenvalue weighted by molar-refractivity contribution is 0.602. The first-order valence-corrected chi connectivity index (χ1v) is 8.20. The number of anilines is 1. The number of nitrogens with zero attached hydrogens (tertiary/aromatic N) is 3. The molecule has 6 nitrogen and oxygen atoms in total. The van der Waals surface area contributed by atoms with E-state index >= 15 is 0 Å². The average Bonchev–Trinajstić information content (AvgIpc) is 2.75. The van der Waals surface area contributed by atoms with Crippen molar-refractivity contribution in [1.29, 1.82) is 0 Å². The molecule has 0 atom stereocenters. The average molecular weight is 302 g/mol. The number of aromatic nitrogens is 3. The molecule has 0 radical (unpaired) electrons. The van der Waals surface area contributed by atoms with Crippen LogP contribution in [-0.4, -0.2) is 29.2 Å². The first-order valence-electron chi connectivity index (χ1n) is 6.31. The van der Waals surface area contributed by atoms with Gasteiger partial charge in [0.25, 0.3) is 0 Å². The number of sulfone groups is 1. The number of fused-ring (bicyclic) bond motifs is 1. The van der Waals surface area contributed by atoms with Crippen molar-refractivity contribution in [1.82, 2.24) is 14.5 Å². The van der Waals surface area contributed by atoms with Crippen molar-refractivity contribution in [3.05, 3.63) is 48.2 Å². The van der Waals surface area contributed by atoms with Crippen molar-refractivity contribution in [2.45, 2.75) is 11.4 Å². The third-order valence-corrected chi connectivity index (χ3v) is 4.35. The summed E-state index contributed by atoms with van der Waals surface area (Å²) < 4.78 is 24.7. The van der Waals surface area contributed by atoms with E-state index in [0.717, 1.165) is 11.1 Å². The van der Waals surface area contributed by atoms with Crippen LogP contribution in [-0.2, 0) is 16.4 Å². The molecule has 3 rings (SSSR count). The topological polar surface area (TPSA) is 90.9 Å². The lowest BCUT2D eigenvalue weighted by Gasteiger charge is -2.06. The van der Waals surface area contributed by atoms with Crippen LogP contribution in [0.15, 0.2) is 47.5 Å². The summed E-state index contributed by atoms with van der Waals surface area (Å²) in [5, 5.41) is 0. The lowest BCUT2D eigenvalue weighted by Crippen LogP contribution is -2.05. The molecule has 2 aromatic heterocycles. The Kier molecular flexibility index (Phi) is 3.13. The highest BCUT2D eigenvalue weighted by Crippen LogP contribution is 2.18. The van der Waals surface area contributed by atoms with E-state index in [1.807, 2.05) is 6.07 Å². The van der Waals surface area contributed by atoms with Crippen molar-refractivity contribution in [3.8, 4) is 0 Å². The van der Waals surface area contributed by atoms with E-state index in [1.54, 1.807) is 41.1 Å². The first-order chi connectivity index (χ1) is 9.95. The zero-order valence-corrected chi connectivity index (χ0v) is 12.2. The van der Waals surface area contributed by atoms with Gasteiger partial charge in [0.2, 0.25) is 5.95 Å². The summed E-state index contributed by atoms with van der Waals surface area (Å²) in [6, 6.07) is 10.4. The first kappa shape index (κ1) is 13.6. The molecule has 0 fully saturated rings. The molecular weight excluding hydrogens is 288 g/mol. The molecule has 0 bridgehead atoms. The van der Waals surface area contributed by atoms with E-state index in [2.05, 4.69) is 9.97 Å². The molecule has 2 N–H and O–H groups in total. The van der Waals surface area contributed by atoms with Gasteiger partial charge in [-0.15, -0.1) is 0 Å². The Bertz CT molecular complexity index is 898. The molecule has 2 heterocycles. The van der Waals surface area contributed by atoms with E-state index in [0.29, 0.717) is 23.0 Å². The molecule has 0 aliphatic carbocycles. The minimum absolute atomic E-state index is 0.299. The summed E-state index contributed by atoms with van der Waals surface area (Å²) in [5.74, 6) is 0.385. The maximum absolute atomic E-state index is 11.4. The molecule has 0 aliphatic heterocycles. The zero-order chi connectivity index (χ0) is 15.0. The number of nitrogens with two attached hydrogens (primary N) is 1. The quantitative estimate of drug-likeness (QED) is 0.791. The summed E-state index contributed by atoms with van der Waals surface area (Å²) in [7, 11) is -3.18. The monoisotopic (exact) mass is 302 g/mol. The van der Waals surface area contributed by atoms with Crippen molar-refractivity contribution >= 4 is 26.9 Å². The number of imidazole rings is 1. The van der Waals surface area contributed by atoms with Crippen LogP contribution in [0.2, 0.25) is 0 Å². The van der Waals surface area contributed by atoms with E-state index in [9.17, 15) is 8.42 Å². The molecular formula is C14H14N4O2S. The zero-order valence-electron chi connectivity index (χ0n) is 11.4. The molecule has 0 amide bonds. The second-order valence-electron chi connectivity index (χ2n) is 4.82. The highest BCUT2D eigenvalue weighted by atomic mass is 32.2. The summed E-state index contributed by atoms with van der Waals surface area (Å²) in [6.07, 6.45) is 2.87. The second kappa shape index (κ2) is 4.85. The standard InChI is InChI=1S/C14H14N4O2S/c1-21(19,20)11-6-4-10(5-7-11)9-18-13-12(17-14(18)15)3-2-8-16-13/h2-8H,9H2,1H3,(H2,15,17). The van der Waals surface area contributed by atoms with E-state index in [1.165, 1.54) is 6.26 Å². The number of nitrogen functional groups attached to an aromatic ring is 1. The lowest BCUT2D eigenvalue weighted by atomic mass is 10.2. The number of hydrogen-bond donors (Lipinski definition) is 1. The van der Waals surface area contributed by atoms with Crippen LogP contribution in [0.4, 0.5) is 5.95 Å². The summed E-state index contributed by atoms with van der Waals surface area (Å²) in [6.45, 7) is 0.489. The van der Waals surface area contributed by atoms with Gasteiger partial charge < -0.3 is 5.73 Å². The van der Waals surface area contributed by atoms with Crippen LogP contribution in [0.25, 0.3) is 11.2 Å². The van der Waals surface area contributed by atoms with Gasteiger partial charge in [0.15, 0.2) is 15.5 Å². The highest BCUT2D eigenvalue weighted by Gasteiger charge is 2.10.